The van der Waals surface area contributed by atoms with Gasteiger partial charge in [-0.2, -0.15) is 0 Å². The van der Waals surface area contributed by atoms with Crippen molar-refractivity contribution in [1.29, 1.82) is 0 Å². The Bertz CT molecular complexity index is 449. The fourth-order valence-electron chi connectivity index (χ4n) is 1.58. The number of methoxy groups -OCH3 is 1. The van der Waals surface area contributed by atoms with Crippen molar-refractivity contribution in [3.63, 3.8) is 0 Å². The molecular weight excluding hydrogens is 232 g/mol. The van der Waals surface area contributed by atoms with Crippen molar-refractivity contribution in [2.24, 2.45) is 0 Å². The Morgan fingerprint density at radius 1 is 1.33 bits per heavy atom. The fraction of sp³-hybridized carbons (Fsp3) is 0.357. The van der Waals surface area contributed by atoms with E-state index >= 15 is 0 Å². The van der Waals surface area contributed by atoms with E-state index < -0.39 is 5.97 Å². The van der Waals surface area contributed by atoms with Gasteiger partial charge in [-0.25, -0.2) is 4.79 Å². The Morgan fingerprint density at radius 3 is 2.67 bits per heavy atom. The highest BCUT2D eigenvalue weighted by molar-refractivity contribution is 5.84. The topological polar surface area (TPSA) is 44.8 Å². The van der Waals surface area contributed by atoms with Gasteiger partial charge >= 0.3 is 5.97 Å². The molecule has 0 saturated heterocycles. The van der Waals surface area contributed by atoms with E-state index in [1.165, 1.54) is 12.3 Å². The lowest BCUT2D eigenvalue weighted by atomic mass is 10.1. The lowest BCUT2D eigenvalue weighted by molar-refractivity contribution is -0.129. The Hall–Kier alpha value is -1.97. The minimum absolute atomic E-state index is 0.475. The second kappa shape index (κ2) is 6.69. The van der Waals surface area contributed by atoms with Crippen molar-refractivity contribution in [3.05, 3.63) is 35.6 Å². The molecule has 0 atom stereocenters. The summed E-state index contributed by atoms with van der Waals surface area (Å²) in [5, 5.41) is 0. The van der Waals surface area contributed by atoms with E-state index in [1.54, 1.807) is 13.2 Å². The van der Waals surface area contributed by atoms with E-state index in [0.717, 1.165) is 16.9 Å². The van der Waals surface area contributed by atoms with Crippen LogP contribution in [0.2, 0.25) is 0 Å². The summed E-state index contributed by atoms with van der Waals surface area (Å²) in [5.74, 6) is 0.746. The summed E-state index contributed by atoms with van der Waals surface area (Å²) in [6, 6.07) is 3.60. The number of hydrogen-bond acceptors (Lipinski definition) is 4. The molecule has 0 aliphatic rings. The largest absolute Gasteiger partial charge is 0.501 e. The molecule has 0 N–H and O–H groups in total. The van der Waals surface area contributed by atoms with E-state index in [-0.39, 0.29) is 0 Å². The van der Waals surface area contributed by atoms with Gasteiger partial charge in [-0.15, -0.1) is 0 Å². The molecule has 0 saturated carbocycles. The van der Waals surface area contributed by atoms with E-state index in [0.29, 0.717) is 12.4 Å². The molecule has 0 fully saturated rings. The molecule has 0 heterocycles. The van der Waals surface area contributed by atoms with Gasteiger partial charge in [-0.3, -0.25) is 0 Å². The van der Waals surface area contributed by atoms with Gasteiger partial charge in [0.25, 0.3) is 0 Å². The van der Waals surface area contributed by atoms with Gasteiger partial charge in [0.05, 0.1) is 26.1 Å². The Labute approximate surface area is 107 Å². The number of carbonyl (C=O) groups excluding carboxylic acids is 1. The molecule has 1 aromatic rings. The maximum absolute atomic E-state index is 11.5. The van der Waals surface area contributed by atoms with Gasteiger partial charge in [-0.05, 0) is 32.4 Å². The highest BCUT2D eigenvalue weighted by Gasteiger charge is 2.10. The number of aryl methyl sites for hydroxylation is 1. The number of esters is 1. The normalized spacial score (nSPS) is 10.4. The molecule has 0 aromatic heterocycles. The predicted molar refractivity (Wildman–Crippen MR) is 68.9 cm³/mol. The number of hydrogen-bond donors (Lipinski definition) is 0. The van der Waals surface area contributed by atoms with Gasteiger partial charge in [-0.1, -0.05) is 6.07 Å². The second-order valence-corrected chi connectivity index (χ2v) is 3.72. The average molecular weight is 250 g/mol. The number of rotatable bonds is 5. The van der Waals surface area contributed by atoms with Crippen LogP contribution in [0.3, 0.4) is 0 Å². The molecule has 0 aliphatic heterocycles. The van der Waals surface area contributed by atoms with E-state index in [2.05, 4.69) is 0 Å². The highest BCUT2D eigenvalue weighted by atomic mass is 16.5. The lowest BCUT2D eigenvalue weighted by Gasteiger charge is -2.12. The molecule has 0 unspecified atom stereocenters. The van der Waals surface area contributed by atoms with E-state index in [1.807, 2.05) is 26.8 Å². The van der Waals surface area contributed by atoms with Crippen LogP contribution in [-0.4, -0.2) is 19.7 Å². The molecule has 0 radical (unpaired) electrons. The predicted octanol–water partition coefficient (Wildman–Crippen LogP) is 2.77. The van der Waals surface area contributed by atoms with Crippen LogP contribution in [-0.2, 0) is 9.53 Å². The first-order valence-electron chi connectivity index (χ1n) is 5.74. The Morgan fingerprint density at radius 2 is 2.06 bits per heavy atom. The molecule has 0 aliphatic carbocycles. The standard InChI is InChI=1S/C14H18O4/c1-5-17-9-8-13(15)18-12-7-6-10(2)14(16-4)11(12)3/h6-9H,5H2,1-4H3/b9-8+. The summed E-state index contributed by atoms with van der Waals surface area (Å²) in [6.07, 6.45) is 2.57. The van der Waals surface area contributed by atoms with Gasteiger partial charge in [0.15, 0.2) is 0 Å². The van der Waals surface area contributed by atoms with Crippen molar-refractivity contribution < 1.29 is 19.0 Å². The van der Waals surface area contributed by atoms with Gasteiger partial charge in [0, 0.05) is 5.56 Å². The first-order chi connectivity index (χ1) is 8.60. The SMILES string of the molecule is CCO/C=C/C(=O)Oc1ccc(C)c(OC)c1C. The number of ether oxygens (including phenoxy) is 3. The first kappa shape index (κ1) is 14.1. The molecule has 18 heavy (non-hydrogen) atoms. The second-order valence-electron chi connectivity index (χ2n) is 3.72. The Balaban J connectivity index is 2.82. The van der Waals surface area contributed by atoms with Gasteiger partial charge < -0.3 is 14.2 Å². The minimum Gasteiger partial charge on any atom is -0.501 e. The molecule has 4 heteroatoms. The van der Waals surface area contributed by atoms with Crippen LogP contribution >= 0.6 is 0 Å². The molecule has 1 aromatic carbocycles. The van der Waals surface area contributed by atoms with Crippen LogP contribution in [0.25, 0.3) is 0 Å². The van der Waals surface area contributed by atoms with Crippen molar-refractivity contribution in [2.45, 2.75) is 20.8 Å². The van der Waals surface area contributed by atoms with Crippen LogP contribution in [0.1, 0.15) is 18.1 Å². The zero-order valence-electron chi connectivity index (χ0n) is 11.1. The first-order valence-corrected chi connectivity index (χ1v) is 5.74. The maximum atomic E-state index is 11.5. The summed E-state index contributed by atoms with van der Waals surface area (Å²) < 4.78 is 15.4. The summed E-state index contributed by atoms with van der Waals surface area (Å²) in [7, 11) is 1.59. The molecule has 1 rings (SSSR count). The van der Waals surface area contributed by atoms with Crippen LogP contribution < -0.4 is 9.47 Å². The average Bonchev–Trinajstić information content (AvgIpc) is 2.34. The summed E-state index contributed by atoms with van der Waals surface area (Å²) in [5.41, 5.74) is 1.80. The third-order valence-electron chi connectivity index (χ3n) is 2.43. The molecular formula is C14H18O4. The smallest absolute Gasteiger partial charge is 0.339 e. The fourth-order valence-corrected chi connectivity index (χ4v) is 1.58. The maximum Gasteiger partial charge on any atom is 0.339 e. The summed E-state index contributed by atoms with van der Waals surface area (Å²) in [4.78, 5) is 11.5. The van der Waals surface area contributed by atoms with Crippen LogP contribution in [0, 0.1) is 13.8 Å². The van der Waals surface area contributed by atoms with Crippen molar-refractivity contribution >= 4 is 5.97 Å². The molecule has 0 bridgehead atoms. The Kier molecular flexibility index (Phi) is 5.24. The molecule has 0 spiro atoms. The van der Waals surface area contributed by atoms with E-state index in [9.17, 15) is 4.79 Å². The highest BCUT2D eigenvalue weighted by Crippen LogP contribution is 2.30. The zero-order chi connectivity index (χ0) is 13.5. The number of carbonyl (C=O) groups is 1. The summed E-state index contributed by atoms with van der Waals surface area (Å²) >= 11 is 0. The van der Waals surface area contributed by atoms with Crippen molar-refractivity contribution in [2.75, 3.05) is 13.7 Å². The minimum atomic E-state index is -0.475. The van der Waals surface area contributed by atoms with Crippen molar-refractivity contribution in [3.8, 4) is 11.5 Å². The lowest BCUT2D eigenvalue weighted by Crippen LogP contribution is -2.06. The quantitative estimate of drug-likeness (QED) is 0.349. The van der Waals surface area contributed by atoms with Gasteiger partial charge in [0.2, 0.25) is 0 Å². The molecule has 4 nitrogen and oxygen atoms in total. The van der Waals surface area contributed by atoms with Crippen molar-refractivity contribution in [1.82, 2.24) is 0 Å². The third kappa shape index (κ3) is 3.52. The number of benzene rings is 1. The van der Waals surface area contributed by atoms with Crippen LogP contribution in [0.5, 0.6) is 11.5 Å². The molecule has 98 valence electrons. The molecule has 0 amide bonds. The summed E-state index contributed by atoms with van der Waals surface area (Å²) in [6.45, 7) is 6.14. The van der Waals surface area contributed by atoms with Crippen LogP contribution in [0.4, 0.5) is 0 Å². The zero-order valence-corrected chi connectivity index (χ0v) is 11.1. The monoisotopic (exact) mass is 250 g/mol. The van der Waals surface area contributed by atoms with E-state index in [4.69, 9.17) is 14.2 Å². The van der Waals surface area contributed by atoms with Crippen LogP contribution in [0.15, 0.2) is 24.5 Å². The third-order valence-corrected chi connectivity index (χ3v) is 2.43. The van der Waals surface area contributed by atoms with Gasteiger partial charge in [0.1, 0.15) is 11.5 Å².